The second kappa shape index (κ2) is 11.0. The van der Waals surface area contributed by atoms with Crippen LogP contribution in [0.5, 0.6) is 5.88 Å². The molecule has 0 bridgehead atoms. The van der Waals surface area contributed by atoms with Crippen LogP contribution in [0, 0.1) is 0 Å². The number of pyridine rings is 2. The topological polar surface area (TPSA) is 72.2 Å². The number of ether oxygens (including phenoxy) is 2. The lowest BCUT2D eigenvalue weighted by Crippen LogP contribution is -2.36. The van der Waals surface area contributed by atoms with E-state index in [2.05, 4.69) is 44.2 Å². The zero-order valence-corrected chi connectivity index (χ0v) is 18.6. The first-order chi connectivity index (χ1) is 15.3. The molecule has 1 aliphatic rings. The van der Waals surface area contributed by atoms with Crippen molar-refractivity contribution in [3.05, 3.63) is 64.9 Å². The highest BCUT2D eigenvalue weighted by Crippen LogP contribution is 2.26. The molecule has 0 N–H and O–H groups in total. The van der Waals surface area contributed by atoms with Gasteiger partial charge < -0.3 is 14.4 Å². The van der Waals surface area contributed by atoms with Crippen molar-refractivity contribution < 1.29 is 9.47 Å². The Morgan fingerprint density at radius 1 is 1.13 bits per heavy atom. The van der Waals surface area contributed by atoms with Crippen LogP contribution in [0.2, 0.25) is 0 Å². The van der Waals surface area contributed by atoms with E-state index in [1.807, 2.05) is 30.3 Å². The van der Waals surface area contributed by atoms with Crippen molar-refractivity contribution in [2.45, 2.75) is 26.3 Å². The summed E-state index contributed by atoms with van der Waals surface area (Å²) in [4.78, 5) is 12.6. The molecule has 0 spiro atoms. The van der Waals surface area contributed by atoms with Crippen LogP contribution in [0.1, 0.15) is 23.2 Å². The monoisotopic (exact) mass is 437 g/mol. The van der Waals surface area contributed by atoms with Gasteiger partial charge in [0.1, 0.15) is 11.5 Å². The predicted molar refractivity (Wildman–Crippen MR) is 123 cm³/mol. The molecule has 4 heterocycles. The highest BCUT2D eigenvalue weighted by Gasteiger charge is 2.14. The summed E-state index contributed by atoms with van der Waals surface area (Å²) in [6, 6.07) is 14.1. The van der Waals surface area contributed by atoms with Gasteiger partial charge in [-0.2, -0.15) is 5.11 Å². The second-order valence-electron chi connectivity index (χ2n) is 7.17. The van der Waals surface area contributed by atoms with Gasteiger partial charge in [0.2, 0.25) is 5.88 Å². The Balaban J connectivity index is 1.45. The Bertz CT molecular complexity index is 987. The van der Waals surface area contributed by atoms with Gasteiger partial charge in [-0.25, -0.2) is 4.98 Å². The van der Waals surface area contributed by atoms with Gasteiger partial charge in [-0.3, -0.25) is 4.98 Å². The molecule has 3 aromatic rings. The van der Waals surface area contributed by atoms with Crippen molar-refractivity contribution in [3.8, 4) is 5.88 Å². The number of nitrogens with zero attached hydrogens (tertiary/aromatic N) is 5. The molecule has 1 aliphatic heterocycles. The van der Waals surface area contributed by atoms with E-state index in [-0.39, 0.29) is 0 Å². The third-order valence-electron chi connectivity index (χ3n) is 4.95. The maximum Gasteiger partial charge on any atom is 0.215 e. The Morgan fingerprint density at radius 2 is 2.03 bits per heavy atom. The molecular formula is C23H27N5O2S. The average Bonchev–Trinajstić information content (AvgIpc) is 3.28. The molecule has 0 aliphatic carbocycles. The van der Waals surface area contributed by atoms with Crippen LogP contribution >= 0.6 is 11.3 Å². The number of hydrogen-bond acceptors (Lipinski definition) is 8. The van der Waals surface area contributed by atoms with Crippen LogP contribution in [-0.4, -0.2) is 42.9 Å². The van der Waals surface area contributed by atoms with Gasteiger partial charge in [-0.15, -0.1) is 16.5 Å². The molecule has 3 aromatic heterocycles. The maximum absolute atomic E-state index is 5.99. The molecule has 162 valence electrons. The largest absolute Gasteiger partial charge is 0.477 e. The summed E-state index contributed by atoms with van der Waals surface area (Å²) in [5.74, 6) is 0.606. The summed E-state index contributed by atoms with van der Waals surface area (Å²) in [6.07, 6.45) is 3.55. The molecule has 0 amide bonds. The van der Waals surface area contributed by atoms with E-state index < -0.39 is 0 Å². The van der Waals surface area contributed by atoms with E-state index in [0.717, 1.165) is 61.2 Å². The summed E-state index contributed by atoms with van der Waals surface area (Å²) >= 11 is 1.67. The number of morpholine rings is 1. The number of rotatable bonds is 9. The number of azo groups is 1. The highest BCUT2D eigenvalue weighted by atomic mass is 32.1. The van der Waals surface area contributed by atoms with Gasteiger partial charge in [-0.05, 0) is 36.8 Å². The molecule has 0 atom stereocenters. The van der Waals surface area contributed by atoms with E-state index in [9.17, 15) is 0 Å². The number of anilines is 1. The molecule has 0 aromatic carbocycles. The van der Waals surface area contributed by atoms with Crippen molar-refractivity contribution in [1.82, 2.24) is 9.97 Å². The van der Waals surface area contributed by atoms with Gasteiger partial charge in [0, 0.05) is 48.0 Å². The molecule has 0 saturated carbocycles. The van der Waals surface area contributed by atoms with Crippen molar-refractivity contribution in [1.29, 1.82) is 0 Å². The first-order valence-corrected chi connectivity index (χ1v) is 11.4. The standard InChI is InChI=1S/C23H27N5O2S/c1-2-21-6-7-23(31-21)27-25-17-19-15-20(28-10-13-29-14-11-28)16-22(26-19)30-12-8-18-5-3-4-9-24-18/h3-7,9,15-16H,2,8,10-14,17H2,1H3. The van der Waals surface area contributed by atoms with Crippen LogP contribution in [0.25, 0.3) is 0 Å². The zero-order chi connectivity index (χ0) is 21.3. The Labute approximate surface area is 186 Å². The molecule has 31 heavy (non-hydrogen) atoms. The van der Waals surface area contributed by atoms with Gasteiger partial charge in [-0.1, -0.05) is 13.0 Å². The lowest BCUT2D eigenvalue weighted by molar-refractivity contribution is 0.122. The summed E-state index contributed by atoms with van der Waals surface area (Å²) in [5, 5.41) is 9.67. The molecule has 7 nitrogen and oxygen atoms in total. The van der Waals surface area contributed by atoms with Crippen LogP contribution in [-0.2, 0) is 24.1 Å². The molecule has 4 rings (SSSR count). The fourth-order valence-electron chi connectivity index (χ4n) is 3.30. The Kier molecular flexibility index (Phi) is 7.57. The minimum atomic E-state index is 0.411. The van der Waals surface area contributed by atoms with Crippen LogP contribution < -0.4 is 9.64 Å². The van der Waals surface area contributed by atoms with Crippen LogP contribution in [0.15, 0.2) is 58.9 Å². The molecule has 0 unspecified atom stereocenters. The van der Waals surface area contributed by atoms with Crippen molar-refractivity contribution in [2.24, 2.45) is 10.2 Å². The predicted octanol–water partition coefficient (Wildman–Crippen LogP) is 4.84. The molecule has 0 radical (unpaired) electrons. The average molecular weight is 438 g/mol. The van der Waals surface area contributed by atoms with Gasteiger partial charge in [0.15, 0.2) is 0 Å². The van der Waals surface area contributed by atoms with Gasteiger partial charge >= 0.3 is 0 Å². The Morgan fingerprint density at radius 3 is 2.81 bits per heavy atom. The maximum atomic E-state index is 5.99. The van der Waals surface area contributed by atoms with E-state index >= 15 is 0 Å². The quantitative estimate of drug-likeness (QED) is 0.448. The van der Waals surface area contributed by atoms with Crippen LogP contribution in [0.4, 0.5) is 10.7 Å². The number of thiophene rings is 1. The van der Waals surface area contributed by atoms with E-state index in [1.165, 1.54) is 4.88 Å². The second-order valence-corrected chi connectivity index (χ2v) is 8.31. The summed E-state index contributed by atoms with van der Waals surface area (Å²) < 4.78 is 11.5. The van der Waals surface area contributed by atoms with E-state index in [1.54, 1.807) is 17.5 Å². The van der Waals surface area contributed by atoms with Gasteiger partial charge in [0.25, 0.3) is 0 Å². The Hall–Kier alpha value is -2.84. The molecule has 8 heteroatoms. The normalized spacial score (nSPS) is 14.3. The minimum absolute atomic E-state index is 0.411. The van der Waals surface area contributed by atoms with Crippen molar-refractivity contribution in [3.63, 3.8) is 0 Å². The summed E-state index contributed by atoms with van der Waals surface area (Å²) in [5.41, 5.74) is 2.93. The highest BCUT2D eigenvalue weighted by molar-refractivity contribution is 7.15. The zero-order valence-electron chi connectivity index (χ0n) is 17.7. The minimum Gasteiger partial charge on any atom is -0.477 e. The van der Waals surface area contributed by atoms with Crippen LogP contribution in [0.3, 0.4) is 0 Å². The van der Waals surface area contributed by atoms with Gasteiger partial charge in [0.05, 0.1) is 25.5 Å². The number of aromatic nitrogens is 2. The fraction of sp³-hybridized carbons (Fsp3) is 0.391. The summed E-state index contributed by atoms with van der Waals surface area (Å²) in [6.45, 7) is 6.24. The van der Waals surface area contributed by atoms with E-state index in [0.29, 0.717) is 19.0 Å². The summed E-state index contributed by atoms with van der Waals surface area (Å²) in [7, 11) is 0. The molecule has 1 saturated heterocycles. The third-order valence-corrected chi connectivity index (χ3v) is 6.06. The van der Waals surface area contributed by atoms with Crippen molar-refractivity contribution in [2.75, 3.05) is 37.8 Å². The smallest absolute Gasteiger partial charge is 0.215 e. The SMILES string of the molecule is CCc1ccc(N=NCc2cc(N3CCOCC3)cc(OCCc3ccccn3)n2)s1. The van der Waals surface area contributed by atoms with E-state index in [4.69, 9.17) is 9.47 Å². The molecule has 1 fully saturated rings. The third kappa shape index (κ3) is 6.32. The van der Waals surface area contributed by atoms with Crippen molar-refractivity contribution >= 4 is 22.0 Å². The molecular weight excluding hydrogens is 410 g/mol. The first-order valence-electron chi connectivity index (χ1n) is 10.6. The number of hydrogen-bond donors (Lipinski definition) is 0. The number of aryl methyl sites for hydroxylation is 1. The lowest BCUT2D eigenvalue weighted by atomic mass is 10.2. The first kappa shape index (κ1) is 21.4. The lowest BCUT2D eigenvalue weighted by Gasteiger charge is -2.29. The fourth-order valence-corrected chi connectivity index (χ4v) is 4.08.